The van der Waals surface area contributed by atoms with Gasteiger partial charge in [0.25, 0.3) is 5.91 Å². The van der Waals surface area contributed by atoms with E-state index in [0.717, 1.165) is 16.1 Å². The zero-order valence-electron chi connectivity index (χ0n) is 10.7. The Morgan fingerprint density at radius 2 is 2.00 bits per heavy atom. The van der Waals surface area contributed by atoms with Crippen molar-refractivity contribution in [2.45, 2.75) is 0 Å². The Kier molecular flexibility index (Phi) is 3.62. The average molecular weight is 346 g/mol. The van der Waals surface area contributed by atoms with Gasteiger partial charge in [-0.15, -0.1) is 0 Å². The maximum absolute atomic E-state index is 12.8. The lowest BCUT2D eigenvalue weighted by atomic mass is 10.2. The molecule has 104 valence electrons. The molecule has 0 saturated heterocycles. The molecular formula is C15H9BrFN3O. The molecule has 2 heterocycles. The maximum Gasteiger partial charge on any atom is 0.274 e. The first-order valence-electron chi connectivity index (χ1n) is 6.11. The molecule has 0 fully saturated rings. The second-order valence-electron chi connectivity index (χ2n) is 4.35. The number of para-hydroxylation sites is 1. The fraction of sp³-hybridized carbons (Fsp3) is 0. The van der Waals surface area contributed by atoms with Gasteiger partial charge in [-0.1, -0.05) is 12.1 Å². The van der Waals surface area contributed by atoms with E-state index in [1.54, 1.807) is 12.3 Å². The lowest BCUT2D eigenvalue weighted by Gasteiger charge is -2.08. The van der Waals surface area contributed by atoms with Gasteiger partial charge in [0.1, 0.15) is 11.5 Å². The summed E-state index contributed by atoms with van der Waals surface area (Å²) in [6.45, 7) is 0. The second-order valence-corrected chi connectivity index (χ2v) is 5.26. The molecule has 2 aromatic heterocycles. The van der Waals surface area contributed by atoms with Gasteiger partial charge < -0.3 is 5.32 Å². The third kappa shape index (κ3) is 2.90. The molecule has 1 amide bonds. The highest BCUT2D eigenvalue weighted by Crippen LogP contribution is 2.24. The normalized spacial score (nSPS) is 10.6. The Hall–Kier alpha value is -2.34. The highest BCUT2D eigenvalue weighted by Gasteiger charge is 2.10. The van der Waals surface area contributed by atoms with E-state index in [1.807, 2.05) is 18.2 Å². The number of anilines is 1. The highest BCUT2D eigenvalue weighted by molar-refractivity contribution is 9.10. The third-order valence-corrected chi connectivity index (χ3v) is 3.32. The first-order valence-corrected chi connectivity index (χ1v) is 6.90. The highest BCUT2D eigenvalue weighted by atomic mass is 79.9. The molecule has 1 N–H and O–H groups in total. The summed E-state index contributed by atoms with van der Waals surface area (Å²) < 4.78 is 13.7. The monoisotopic (exact) mass is 345 g/mol. The minimum atomic E-state index is -0.483. The molecule has 0 aliphatic heterocycles. The Morgan fingerprint density at radius 3 is 2.76 bits per heavy atom. The molecule has 0 atom stereocenters. The van der Waals surface area contributed by atoms with E-state index in [-0.39, 0.29) is 5.69 Å². The summed E-state index contributed by atoms with van der Waals surface area (Å²) in [7, 11) is 0. The van der Waals surface area contributed by atoms with E-state index in [4.69, 9.17) is 0 Å². The molecule has 0 unspecified atom stereocenters. The summed E-state index contributed by atoms with van der Waals surface area (Å²) in [5.74, 6) is -0.893. The number of pyridine rings is 2. The number of hydrogen-bond donors (Lipinski definition) is 1. The molecule has 4 nitrogen and oxygen atoms in total. The lowest BCUT2D eigenvalue weighted by Crippen LogP contribution is -2.14. The van der Waals surface area contributed by atoms with Gasteiger partial charge in [-0.05, 0) is 40.2 Å². The molecule has 3 rings (SSSR count). The molecule has 3 aromatic rings. The Morgan fingerprint density at radius 1 is 1.14 bits per heavy atom. The van der Waals surface area contributed by atoms with Crippen LogP contribution >= 0.6 is 15.9 Å². The van der Waals surface area contributed by atoms with Crippen molar-refractivity contribution in [1.29, 1.82) is 0 Å². The first-order chi connectivity index (χ1) is 10.1. The number of carbonyl (C=O) groups is 1. The summed E-state index contributed by atoms with van der Waals surface area (Å²) in [5.41, 5.74) is 1.40. The number of halogens is 2. The summed E-state index contributed by atoms with van der Waals surface area (Å²) in [4.78, 5) is 20.2. The van der Waals surface area contributed by atoms with Crippen LogP contribution in [0, 0.1) is 5.82 Å². The van der Waals surface area contributed by atoms with Crippen molar-refractivity contribution >= 4 is 38.4 Å². The molecule has 0 radical (unpaired) electrons. The van der Waals surface area contributed by atoms with Crippen LogP contribution in [-0.2, 0) is 0 Å². The van der Waals surface area contributed by atoms with E-state index in [2.05, 4.69) is 31.2 Å². The van der Waals surface area contributed by atoms with Crippen LogP contribution in [0.2, 0.25) is 0 Å². The van der Waals surface area contributed by atoms with Gasteiger partial charge in [-0.3, -0.25) is 9.78 Å². The average Bonchev–Trinajstić information content (AvgIpc) is 2.47. The van der Waals surface area contributed by atoms with Gasteiger partial charge in [0.15, 0.2) is 0 Å². The van der Waals surface area contributed by atoms with Crippen LogP contribution in [-0.4, -0.2) is 15.9 Å². The number of nitrogens with zero attached hydrogens (tertiary/aromatic N) is 2. The quantitative estimate of drug-likeness (QED) is 0.768. The molecule has 0 aliphatic carbocycles. The van der Waals surface area contributed by atoms with Crippen molar-refractivity contribution < 1.29 is 9.18 Å². The van der Waals surface area contributed by atoms with Gasteiger partial charge >= 0.3 is 0 Å². The number of amides is 1. The largest absolute Gasteiger partial charge is 0.319 e. The topological polar surface area (TPSA) is 54.9 Å². The maximum atomic E-state index is 12.8. The summed E-state index contributed by atoms with van der Waals surface area (Å²) >= 11 is 3.36. The van der Waals surface area contributed by atoms with E-state index >= 15 is 0 Å². The molecule has 0 spiro atoms. The zero-order chi connectivity index (χ0) is 14.8. The Labute approximate surface area is 128 Å². The predicted molar refractivity (Wildman–Crippen MR) is 81.6 cm³/mol. The van der Waals surface area contributed by atoms with Crippen LogP contribution in [0.5, 0.6) is 0 Å². The van der Waals surface area contributed by atoms with Crippen LogP contribution in [0.15, 0.2) is 53.3 Å². The van der Waals surface area contributed by atoms with Crippen molar-refractivity contribution in [3.63, 3.8) is 0 Å². The van der Waals surface area contributed by atoms with Gasteiger partial charge in [0.2, 0.25) is 0 Å². The molecule has 21 heavy (non-hydrogen) atoms. The van der Waals surface area contributed by atoms with Gasteiger partial charge in [-0.25, -0.2) is 9.37 Å². The predicted octanol–water partition coefficient (Wildman–Crippen LogP) is 3.78. The lowest BCUT2D eigenvalue weighted by molar-refractivity contribution is 0.102. The SMILES string of the molecule is O=C(Nc1cccc2cc(Br)cnc12)c1ccc(F)cn1. The minimum absolute atomic E-state index is 0.144. The van der Waals surface area contributed by atoms with E-state index in [9.17, 15) is 9.18 Å². The second kappa shape index (κ2) is 5.57. The summed E-state index contributed by atoms with van der Waals surface area (Å²) in [6.07, 6.45) is 2.67. The number of fused-ring (bicyclic) bond motifs is 1. The van der Waals surface area contributed by atoms with Crippen LogP contribution in [0.1, 0.15) is 10.5 Å². The first kappa shape index (κ1) is 13.6. The molecule has 0 bridgehead atoms. The van der Waals surface area contributed by atoms with Crippen molar-refractivity contribution in [2.24, 2.45) is 0 Å². The molecule has 0 aliphatic rings. The van der Waals surface area contributed by atoms with Crippen molar-refractivity contribution in [3.8, 4) is 0 Å². The van der Waals surface area contributed by atoms with Crippen molar-refractivity contribution in [2.75, 3.05) is 5.32 Å². The molecule has 1 aromatic carbocycles. The van der Waals surface area contributed by atoms with Crippen LogP contribution in [0.4, 0.5) is 10.1 Å². The Balaban J connectivity index is 1.94. The fourth-order valence-electron chi connectivity index (χ4n) is 1.93. The number of hydrogen-bond acceptors (Lipinski definition) is 3. The molecular weight excluding hydrogens is 337 g/mol. The number of aromatic nitrogens is 2. The van der Waals surface area contributed by atoms with E-state index < -0.39 is 11.7 Å². The number of rotatable bonds is 2. The number of nitrogens with one attached hydrogen (secondary N) is 1. The van der Waals surface area contributed by atoms with Crippen molar-refractivity contribution in [3.05, 3.63) is 64.8 Å². The van der Waals surface area contributed by atoms with Gasteiger partial charge in [0, 0.05) is 16.1 Å². The standard InChI is InChI=1S/C15H9BrFN3O/c16-10-6-9-2-1-3-12(14(9)19-7-10)20-15(21)13-5-4-11(17)8-18-13/h1-8H,(H,20,21). The Bertz CT molecular complexity index is 821. The summed E-state index contributed by atoms with van der Waals surface area (Å²) in [5, 5.41) is 3.64. The van der Waals surface area contributed by atoms with Crippen LogP contribution in [0.25, 0.3) is 10.9 Å². The van der Waals surface area contributed by atoms with Crippen LogP contribution < -0.4 is 5.32 Å². The number of benzene rings is 1. The van der Waals surface area contributed by atoms with Gasteiger partial charge in [0.05, 0.1) is 17.4 Å². The van der Waals surface area contributed by atoms with Crippen LogP contribution in [0.3, 0.4) is 0 Å². The molecule has 6 heteroatoms. The zero-order valence-corrected chi connectivity index (χ0v) is 12.3. The van der Waals surface area contributed by atoms with Crippen molar-refractivity contribution in [1.82, 2.24) is 9.97 Å². The minimum Gasteiger partial charge on any atom is -0.319 e. The smallest absolute Gasteiger partial charge is 0.274 e. The van der Waals surface area contributed by atoms with Gasteiger partial charge in [-0.2, -0.15) is 0 Å². The van der Waals surface area contributed by atoms with E-state index in [0.29, 0.717) is 11.2 Å². The third-order valence-electron chi connectivity index (χ3n) is 2.89. The number of carbonyl (C=O) groups excluding carboxylic acids is 1. The van der Waals surface area contributed by atoms with E-state index in [1.165, 1.54) is 12.1 Å². The fourth-order valence-corrected chi connectivity index (χ4v) is 2.28. The summed E-state index contributed by atoms with van der Waals surface area (Å²) in [6, 6.07) is 9.92. The molecule has 0 saturated carbocycles.